The van der Waals surface area contributed by atoms with E-state index in [1.165, 1.54) is 17.4 Å². The lowest BCUT2D eigenvalue weighted by molar-refractivity contribution is 0.148. The molecule has 0 aliphatic heterocycles. The van der Waals surface area contributed by atoms with Crippen molar-refractivity contribution in [2.75, 3.05) is 27.3 Å². The van der Waals surface area contributed by atoms with Gasteiger partial charge in [-0.3, -0.25) is 0 Å². The summed E-state index contributed by atoms with van der Waals surface area (Å²) in [5.74, 6) is 0.616. The van der Waals surface area contributed by atoms with E-state index in [0.717, 1.165) is 13.0 Å². The number of ether oxygens (including phenoxy) is 1. The summed E-state index contributed by atoms with van der Waals surface area (Å²) in [7, 11) is -0.544. The van der Waals surface area contributed by atoms with Crippen molar-refractivity contribution in [3.8, 4) is 0 Å². The Morgan fingerprint density at radius 2 is 2.15 bits per heavy atom. The predicted octanol–water partition coefficient (Wildman–Crippen LogP) is 1.43. The van der Waals surface area contributed by atoms with Gasteiger partial charge in [-0.15, -0.1) is 0 Å². The lowest BCUT2D eigenvalue weighted by Crippen LogP contribution is -2.37. The first-order valence-electron chi connectivity index (χ1n) is 6.69. The molecule has 7 heteroatoms. The number of rotatable bonds is 9. The summed E-state index contributed by atoms with van der Waals surface area (Å²) in [4.78, 5) is 0. The standard InChI is InChI=1S/C13H24N2O4S/c1-5-8-14-9-12-6-7-13(19-12)20(16,17)15(3)11(2)10-18-4/h6-7,11,14H,5,8-10H2,1-4H3. The number of hydrogen-bond acceptors (Lipinski definition) is 5. The molecule has 1 atom stereocenters. The highest BCUT2D eigenvalue weighted by atomic mass is 32.2. The van der Waals surface area contributed by atoms with Crippen LogP contribution in [0.5, 0.6) is 0 Å². The Kier molecular flexibility index (Phi) is 6.67. The quantitative estimate of drug-likeness (QED) is 0.699. The van der Waals surface area contributed by atoms with E-state index in [-0.39, 0.29) is 11.1 Å². The van der Waals surface area contributed by atoms with Crippen LogP contribution in [-0.4, -0.2) is 46.1 Å². The fraction of sp³-hybridized carbons (Fsp3) is 0.692. The summed E-state index contributed by atoms with van der Waals surface area (Å²) in [6.07, 6.45) is 1.02. The number of likely N-dealkylation sites (N-methyl/N-ethyl adjacent to an activating group) is 1. The predicted molar refractivity (Wildman–Crippen MR) is 77.0 cm³/mol. The van der Waals surface area contributed by atoms with Crippen molar-refractivity contribution in [1.82, 2.24) is 9.62 Å². The van der Waals surface area contributed by atoms with Crippen LogP contribution in [0.25, 0.3) is 0 Å². The van der Waals surface area contributed by atoms with Gasteiger partial charge in [0.2, 0.25) is 5.09 Å². The highest BCUT2D eigenvalue weighted by Gasteiger charge is 2.28. The summed E-state index contributed by atoms with van der Waals surface area (Å²) in [6.45, 7) is 5.58. The molecule has 1 unspecified atom stereocenters. The van der Waals surface area contributed by atoms with Crippen LogP contribution in [0.15, 0.2) is 21.6 Å². The molecule has 1 rings (SSSR count). The lowest BCUT2D eigenvalue weighted by Gasteiger charge is -2.22. The number of hydrogen-bond donors (Lipinski definition) is 1. The Morgan fingerprint density at radius 3 is 2.75 bits per heavy atom. The molecule has 0 aromatic carbocycles. The molecular weight excluding hydrogens is 280 g/mol. The maximum atomic E-state index is 12.3. The van der Waals surface area contributed by atoms with Gasteiger partial charge >= 0.3 is 0 Å². The molecule has 0 saturated heterocycles. The van der Waals surface area contributed by atoms with Gasteiger partial charge in [-0.05, 0) is 32.0 Å². The summed E-state index contributed by atoms with van der Waals surface area (Å²) in [5.41, 5.74) is 0. The third kappa shape index (κ3) is 4.31. The third-order valence-electron chi connectivity index (χ3n) is 3.02. The van der Waals surface area contributed by atoms with E-state index in [1.54, 1.807) is 20.1 Å². The van der Waals surface area contributed by atoms with E-state index in [9.17, 15) is 8.42 Å². The second kappa shape index (κ2) is 7.78. The van der Waals surface area contributed by atoms with Crippen LogP contribution in [0.3, 0.4) is 0 Å². The summed E-state index contributed by atoms with van der Waals surface area (Å²) < 4.78 is 36.3. The Bertz CT molecular complexity index is 498. The average Bonchev–Trinajstić information content (AvgIpc) is 2.88. The third-order valence-corrected chi connectivity index (χ3v) is 4.87. The zero-order valence-electron chi connectivity index (χ0n) is 12.5. The van der Waals surface area contributed by atoms with Crippen LogP contribution in [0, 0.1) is 0 Å². The van der Waals surface area contributed by atoms with Crippen molar-refractivity contribution in [2.24, 2.45) is 0 Å². The second-order valence-electron chi connectivity index (χ2n) is 4.72. The minimum Gasteiger partial charge on any atom is -0.447 e. The van der Waals surface area contributed by atoms with Crippen LogP contribution < -0.4 is 5.32 Å². The smallest absolute Gasteiger partial charge is 0.276 e. The van der Waals surface area contributed by atoms with Gasteiger partial charge in [0.25, 0.3) is 10.0 Å². The maximum absolute atomic E-state index is 12.3. The zero-order chi connectivity index (χ0) is 15.2. The molecule has 20 heavy (non-hydrogen) atoms. The van der Waals surface area contributed by atoms with Gasteiger partial charge in [-0.25, -0.2) is 8.42 Å². The van der Waals surface area contributed by atoms with E-state index in [4.69, 9.17) is 9.15 Å². The van der Waals surface area contributed by atoms with Gasteiger partial charge < -0.3 is 14.5 Å². The zero-order valence-corrected chi connectivity index (χ0v) is 13.4. The van der Waals surface area contributed by atoms with Crippen LogP contribution in [0.2, 0.25) is 0 Å². The molecule has 0 aliphatic carbocycles. The maximum Gasteiger partial charge on any atom is 0.276 e. The highest BCUT2D eigenvalue weighted by molar-refractivity contribution is 7.89. The Morgan fingerprint density at radius 1 is 1.45 bits per heavy atom. The van der Waals surface area contributed by atoms with Gasteiger partial charge in [-0.2, -0.15) is 4.31 Å². The molecule has 0 aliphatic rings. The van der Waals surface area contributed by atoms with Crippen molar-refractivity contribution in [3.05, 3.63) is 17.9 Å². The Balaban J connectivity index is 2.77. The van der Waals surface area contributed by atoms with Crippen LogP contribution in [0.4, 0.5) is 0 Å². The molecule has 0 saturated carbocycles. The fourth-order valence-corrected chi connectivity index (χ4v) is 2.98. The second-order valence-corrected chi connectivity index (χ2v) is 6.65. The molecule has 6 nitrogen and oxygen atoms in total. The number of nitrogens with one attached hydrogen (secondary N) is 1. The number of furan rings is 1. The largest absolute Gasteiger partial charge is 0.447 e. The first-order chi connectivity index (χ1) is 9.43. The van der Waals surface area contributed by atoms with Crippen LogP contribution in [0.1, 0.15) is 26.0 Å². The number of sulfonamides is 1. The van der Waals surface area contributed by atoms with Crippen molar-refractivity contribution >= 4 is 10.0 Å². The topological polar surface area (TPSA) is 71.8 Å². The first kappa shape index (κ1) is 17.2. The van der Waals surface area contributed by atoms with Gasteiger partial charge in [0.1, 0.15) is 5.76 Å². The number of nitrogens with zero attached hydrogens (tertiary/aromatic N) is 1. The van der Waals surface area contributed by atoms with E-state index in [0.29, 0.717) is 18.9 Å². The molecule has 0 spiro atoms. The van der Waals surface area contributed by atoms with E-state index < -0.39 is 10.0 Å². The van der Waals surface area contributed by atoms with Crippen LogP contribution >= 0.6 is 0 Å². The average molecular weight is 304 g/mol. The normalized spacial score (nSPS) is 13.8. The molecular formula is C13H24N2O4S. The minimum atomic E-state index is -3.61. The highest BCUT2D eigenvalue weighted by Crippen LogP contribution is 2.19. The summed E-state index contributed by atoms with van der Waals surface area (Å²) >= 11 is 0. The number of methoxy groups -OCH3 is 1. The first-order valence-corrected chi connectivity index (χ1v) is 8.13. The molecule has 1 aromatic rings. The summed E-state index contributed by atoms with van der Waals surface area (Å²) in [5, 5.41) is 3.13. The van der Waals surface area contributed by atoms with Crippen LogP contribution in [-0.2, 0) is 21.3 Å². The molecule has 0 bridgehead atoms. The monoisotopic (exact) mass is 304 g/mol. The molecule has 1 heterocycles. The van der Waals surface area contributed by atoms with Gasteiger partial charge in [-0.1, -0.05) is 6.92 Å². The molecule has 1 N–H and O–H groups in total. The Hall–Kier alpha value is -0.890. The van der Waals surface area contributed by atoms with Crippen molar-refractivity contribution in [2.45, 2.75) is 37.9 Å². The van der Waals surface area contributed by atoms with E-state index in [1.807, 2.05) is 0 Å². The summed E-state index contributed by atoms with van der Waals surface area (Å²) in [6, 6.07) is 2.93. The van der Waals surface area contributed by atoms with E-state index >= 15 is 0 Å². The SMILES string of the molecule is CCCNCc1ccc(S(=O)(=O)N(C)C(C)COC)o1. The molecule has 0 radical (unpaired) electrons. The molecule has 116 valence electrons. The van der Waals surface area contributed by atoms with Gasteiger partial charge in [0.05, 0.1) is 13.2 Å². The van der Waals surface area contributed by atoms with Gasteiger partial charge in [0.15, 0.2) is 0 Å². The van der Waals surface area contributed by atoms with E-state index in [2.05, 4.69) is 12.2 Å². The Labute approximate surface area is 121 Å². The van der Waals surface area contributed by atoms with Crippen molar-refractivity contribution in [1.29, 1.82) is 0 Å². The molecule has 0 fully saturated rings. The minimum absolute atomic E-state index is 0.0312. The van der Waals surface area contributed by atoms with Gasteiger partial charge in [0, 0.05) is 20.2 Å². The lowest BCUT2D eigenvalue weighted by atomic mass is 10.4. The molecule has 0 amide bonds. The van der Waals surface area contributed by atoms with Crippen molar-refractivity contribution < 1.29 is 17.6 Å². The molecule has 1 aromatic heterocycles. The fourth-order valence-electron chi connectivity index (χ4n) is 1.71. The van der Waals surface area contributed by atoms with Crippen molar-refractivity contribution in [3.63, 3.8) is 0 Å².